The number of carboxylic acids is 1. The Bertz CT molecular complexity index is 534. The predicted octanol–water partition coefficient (Wildman–Crippen LogP) is 2.22. The fourth-order valence-electron chi connectivity index (χ4n) is 1.82. The smallest absolute Gasteiger partial charge is 0.325 e. The first kappa shape index (κ1) is 16.9. The molecule has 21 heavy (non-hydrogen) atoms. The molecule has 1 unspecified atom stereocenters. The van der Waals surface area contributed by atoms with Gasteiger partial charge in [-0.3, -0.25) is 14.4 Å². The van der Waals surface area contributed by atoms with Crippen molar-refractivity contribution in [3.05, 3.63) is 35.4 Å². The molecule has 0 fully saturated rings. The third-order valence-electron chi connectivity index (χ3n) is 3.34. The zero-order valence-electron chi connectivity index (χ0n) is 12.7. The minimum absolute atomic E-state index is 0.0538. The van der Waals surface area contributed by atoms with Crippen LogP contribution in [0.3, 0.4) is 0 Å². The summed E-state index contributed by atoms with van der Waals surface area (Å²) >= 11 is 0. The normalized spacial score (nSPS) is 13.6. The van der Waals surface area contributed by atoms with Crippen LogP contribution in [0.15, 0.2) is 24.3 Å². The van der Waals surface area contributed by atoms with Crippen molar-refractivity contribution in [3.63, 3.8) is 0 Å². The van der Waals surface area contributed by atoms with Crippen LogP contribution in [0, 0.1) is 5.92 Å². The molecule has 114 valence electrons. The van der Waals surface area contributed by atoms with E-state index in [1.807, 2.05) is 13.8 Å². The molecule has 2 N–H and O–H groups in total. The Balaban J connectivity index is 2.79. The minimum Gasteiger partial charge on any atom is -0.480 e. The first-order chi connectivity index (χ1) is 9.73. The average molecular weight is 291 g/mol. The van der Waals surface area contributed by atoms with Crippen LogP contribution < -0.4 is 5.32 Å². The van der Waals surface area contributed by atoms with E-state index in [4.69, 9.17) is 5.11 Å². The van der Waals surface area contributed by atoms with Crippen molar-refractivity contribution in [3.8, 4) is 0 Å². The lowest BCUT2D eigenvalue weighted by molar-refractivity contribution is -0.141. The van der Waals surface area contributed by atoms with Gasteiger partial charge in [-0.2, -0.15) is 0 Å². The van der Waals surface area contributed by atoms with E-state index in [0.29, 0.717) is 5.56 Å². The number of nitrogens with one attached hydrogen (secondary N) is 1. The number of aliphatic carboxylic acids is 1. The highest BCUT2D eigenvalue weighted by atomic mass is 16.4. The number of benzene rings is 1. The number of carbonyl (C=O) groups is 3. The van der Waals surface area contributed by atoms with Crippen molar-refractivity contribution >= 4 is 17.7 Å². The van der Waals surface area contributed by atoms with E-state index in [9.17, 15) is 14.4 Å². The Morgan fingerprint density at radius 1 is 1.00 bits per heavy atom. The molecule has 0 aromatic heterocycles. The number of hydrogen-bond acceptors (Lipinski definition) is 3. The van der Waals surface area contributed by atoms with Gasteiger partial charge in [-0.15, -0.1) is 0 Å². The summed E-state index contributed by atoms with van der Waals surface area (Å²) in [4.78, 5) is 34.5. The molecule has 0 bridgehead atoms. The summed E-state index contributed by atoms with van der Waals surface area (Å²) in [6.07, 6.45) is 0. The third kappa shape index (κ3) is 4.41. The van der Waals surface area contributed by atoms with Crippen LogP contribution in [-0.4, -0.2) is 28.8 Å². The van der Waals surface area contributed by atoms with Crippen LogP contribution in [0.2, 0.25) is 0 Å². The fourth-order valence-corrected chi connectivity index (χ4v) is 1.82. The van der Waals surface area contributed by atoms with Gasteiger partial charge in [0.15, 0.2) is 5.78 Å². The number of Topliss-reactive ketones (excluding diaryl/α,β-unsaturated/α-hetero) is 1. The zero-order chi connectivity index (χ0) is 16.2. The van der Waals surface area contributed by atoms with Gasteiger partial charge in [-0.25, -0.2) is 0 Å². The van der Waals surface area contributed by atoms with Crippen LogP contribution in [-0.2, 0) is 9.59 Å². The Morgan fingerprint density at radius 3 is 1.95 bits per heavy atom. The van der Waals surface area contributed by atoms with Crippen LogP contribution in [0.4, 0.5) is 0 Å². The van der Waals surface area contributed by atoms with Gasteiger partial charge in [-0.1, -0.05) is 38.1 Å². The van der Waals surface area contributed by atoms with Crippen molar-refractivity contribution in [1.29, 1.82) is 0 Å². The Kier molecular flexibility index (Phi) is 5.64. The van der Waals surface area contributed by atoms with Gasteiger partial charge < -0.3 is 10.4 Å². The van der Waals surface area contributed by atoms with Crippen molar-refractivity contribution in [2.75, 3.05) is 0 Å². The second-order valence-corrected chi connectivity index (χ2v) is 5.43. The molecule has 0 aliphatic heterocycles. The molecule has 0 heterocycles. The monoisotopic (exact) mass is 291 g/mol. The van der Waals surface area contributed by atoms with Gasteiger partial charge in [-0.05, 0) is 19.4 Å². The second-order valence-electron chi connectivity index (χ2n) is 5.43. The van der Waals surface area contributed by atoms with E-state index in [0.717, 1.165) is 5.56 Å². The second kappa shape index (κ2) is 7.02. The Labute approximate surface area is 124 Å². The maximum atomic E-state index is 11.9. The highest BCUT2D eigenvalue weighted by Crippen LogP contribution is 2.18. The first-order valence-electron chi connectivity index (χ1n) is 6.91. The average Bonchev–Trinajstić information content (AvgIpc) is 2.45. The van der Waals surface area contributed by atoms with Crippen molar-refractivity contribution in [2.45, 2.75) is 39.7 Å². The topological polar surface area (TPSA) is 83.5 Å². The van der Waals surface area contributed by atoms with Crippen LogP contribution in [0.25, 0.3) is 0 Å². The summed E-state index contributed by atoms with van der Waals surface area (Å²) < 4.78 is 0. The first-order valence-corrected chi connectivity index (χ1v) is 6.91. The third-order valence-corrected chi connectivity index (χ3v) is 3.34. The molecule has 0 radical (unpaired) electrons. The zero-order valence-corrected chi connectivity index (χ0v) is 12.7. The van der Waals surface area contributed by atoms with E-state index in [1.54, 1.807) is 31.2 Å². The van der Waals surface area contributed by atoms with Gasteiger partial charge >= 0.3 is 5.97 Å². The standard InChI is InChI=1S/C16H21NO4/c1-9(2)14(18)13-7-5-12(6-8-13)10(3)15(19)17-11(4)16(20)21/h5-11H,1-4H3,(H,17,19)(H,20,21)/t10?,11-/m1/s1. The molecule has 0 aliphatic rings. The predicted molar refractivity (Wildman–Crippen MR) is 79.3 cm³/mol. The van der Waals surface area contributed by atoms with Crippen molar-refractivity contribution in [2.24, 2.45) is 5.92 Å². The van der Waals surface area contributed by atoms with Crippen LogP contribution in [0.1, 0.15) is 49.5 Å². The molecule has 1 aromatic rings. The highest BCUT2D eigenvalue weighted by molar-refractivity contribution is 5.97. The quantitative estimate of drug-likeness (QED) is 0.787. The van der Waals surface area contributed by atoms with E-state index >= 15 is 0 Å². The lowest BCUT2D eigenvalue weighted by atomic mass is 9.95. The van der Waals surface area contributed by atoms with Crippen molar-refractivity contribution in [1.82, 2.24) is 5.32 Å². The van der Waals surface area contributed by atoms with Gasteiger partial charge in [0, 0.05) is 11.5 Å². The summed E-state index contributed by atoms with van der Waals surface area (Å²) in [5.74, 6) is -1.93. The molecular weight excluding hydrogens is 270 g/mol. The largest absolute Gasteiger partial charge is 0.480 e. The van der Waals surface area contributed by atoms with E-state index in [-0.39, 0.29) is 17.6 Å². The number of carboxylic acid groups (broad SMARTS) is 1. The minimum atomic E-state index is -1.08. The van der Waals surface area contributed by atoms with Gasteiger partial charge in [0.1, 0.15) is 6.04 Å². The van der Waals surface area contributed by atoms with Gasteiger partial charge in [0.05, 0.1) is 5.92 Å². The molecular formula is C16H21NO4. The molecule has 0 spiro atoms. The van der Waals surface area contributed by atoms with Gasteiger partial charge in [0.2, 0.25) is 5.91 Å². The molecule has 0 saturated heterocycles. The SMILES string of the molecule is CC(C)C(=O)c1ccc(C(C)C(=O)N[C@H](C)C(=O)O)cc1. The maximum Gasteiger partial charge on any atom is 0.325 e. The Morgan fingerprint density at radius 2 is 1.52 bits per heavy atom. The van der Waals surface area contributed by atoms with Crippen LogP contribution in [0.5, 0.6) is 0 Å². The van der Waals surface area contributed by atoms with E-state index < -0.39 is 17.9 Å². The summed E-state index contributed by atoms with van der Waals surface area (Å²) in [6.45, 7) is 6.78. The highest BCUT2D eigenvalue weighted by Gasteiger charge is 2.20. The summed E-state index contributed by atoms with van der Waals surface area (Å²) in [6, 6.07) is 5.92. The van der Waals surface area contributed by atoms with E-state index in [1.165, 1.54) is 6.92 Å². The molecule has 1 amide bonds. The lowest BCUT2D eigenvalue weighted by Crippen LogP contribution is -2.40. The summed E-state index contributed by atoms with van der Waals surface area (Å²) in [7, 11) is 0. The number of carbonyl (C=O) groups excluding carboxylic acids is 2. The molecule has 5 heteroatoms. The molecule has 2 atom stereocenters. The molecule has 0 aliphatic carbocycles. The van der Waals surface area contributed by atoms with Crippen molar-refractivity contribution < 1.29 is 19.5 Å². The Hall–Kier alpha value is -2.17. The van der Waals surface area contributed by atoms with E-state index in [2.05, 4.69) is 5.32 Å². The van der Waals surface area contributed by atoms with Gasteiger partial charge in [0.25, 0.3) is 0 Å². The molecule has 5 nitrogen and oxygen atoms in total. The lowest BCUT2D eigenvalue weighted by Gasteiger charge is -2.15. The number of hydrogen-bond donors (Lipinski definition) is 2. The fraction of sp³-hybridized carbons (Fsp3) is 0.438. The maximum absolute atomic E-state index is 11.9. The summed E-state index contributed by atoms with van der Waals surface area (Å²) in [5.41, 5.74) is 1.35. The number of amides is 1. The molecule has 0 saturated carbocycles. The van der Waals surface area contributed by atoms with Crippen LogP contribution >= 0.6 is 0 Å². The molecule has 1 aromatic carbocycles. The summed E-state index contributed by atoms with van der Waals surface area (Å²) in [5, 5.41) is 11.2. The number of rotatable bonds is 6. The number of ketones is 1. The molecule has 1 rings (SSSR count).